The molecule has 2 atom stereocenters. The van der Waals surface area contributed by atoms with Gasteiger partial charge >= 0.3 is 0 Å². The van der Waals surface area contributed by atoms with Crippen molar-refractivity contribution in [1.82, 2.24) is 0 Å². The molecule has 2 aromatic carbocycles. The lowest BCUT2D eigenvalue weighted by atomic mass is 10.1. The second kappa shape index (κ2) is 9.37. The first-order chi connectivity index (χ1) is 12.3. The SMILES string of the molecule is CO[C@H]1C[C@@H](OCc2ccccc2)C=C(COCc2ccccc2)O1. The largest absolute Gasteiger partial charge is 0.467 e. The number of benzene rings is 2. The predicted molar refractivity (Wildman–Crippen MR) is 95.7 cm³/mol. The highest BCUT2D eigenvalue weighted by Crippen LogP contribution is 2.22. The Hall–Kier alpha value is -2.14. The molecule has 0 spiro atoms. The van der Waals surface area contributed by atoms with Gasteiger partial charge in [-0.25, -0.2) is 0 Å². The minimum atomic E-state index is -0.305. The average Bonchev–Trinajstić information content (AvgIpc) is 2.68. The van der Waals surface area contributed by atoms with Crippen LogP contribution in [0.5, 0.6) is 0 Å². The molecule has 1 aliphatic heterocycles. The van der Waals surface area contributed by atoms with Gasteiger partial charge in [0.1, 0.15) is 12.4 Å². The van der Waals surface area contributed by atoms with Gasteiger partial charge in [0, 0.05) is 13.5 Å². The van der Waals surface area contributed by atoms with Crippen molar-refractivity contribution in [3.05, 3.63) is 83.6 Å². The van der Waals surface area contributed by atoms with Crippen molar-refractivity contribution in [2.75, 3.05) is 13.7 Å². The van der Waals surface area contributed by atoms with Gasteiger partial charge in [-0.15, -0.1) is 0 Å². The van der Waals surface area contributed by atoms with E-state index in [0.717, 1.165) is 16.9 Å². The summed E-state index contributed by atoms with van der Waals surface area (Å²) in [4.78, 5) is 0. The number of hydrogen-bond acceptors (Lipinski definition) is 4. The topological polar surface area (TPSA) is 36.9 Å². The molecule has 0 N–H and O–H groups in total. The summed E-state index contributed by atoms with van der Waals surface area (Å²) < 4.78 is 22.9. The Morgan fingerprint density at radius 1 is 0.880 bits per heavy atom. The summed E-state index contributed by atoms with van der Waals surface area (Å²) in [6, 6.07) is 20.2. The standard InChI is InChI=1S/C21H24O4/c1-22-21-13-19(24-15-18-10-6-3-7-11-18)12-20(25-21)16-23-14-17-8-4-2-5-9-17/h2-12,19,21H,13-16H2,1H3/t19-,21+/m0/s1. The van der Waals surface area contributed by atoms with Crippen LogP contribution in [0.2, 0.25) is 0 Å². The number of rotatable bonds is 8. The first-order valence-electron chi connectivity index (χ1n) is 8.51. The van der Waals surface area contributed by atoms with Gasteiger partial charge in [-0.05, 0) is 17.2 Å². The summed E-state index contributed by atoms with van der Waals surface area (Å²) in [5.74, 6) is 0.757. The maximum Gasteiger partial charge on any atom is 0.201 e. The minimum absolute atomic E-state index is 0.0470. The fourth-order valence-corrected chi connectivity index (χ4v) is 2.69. The molecule has 2 aromatic rings. The van der Waals surface area contributed by atoms with E-state index in [1.54, 1.807) is 7.11 Å². The van der Waals surface area contributed by atoms with Crippen LogP contribution in [-0.2, 0) is 32.2 Å². The van der Waals surface area contributed by atoms with Crippen LogP contribution in [-0.4, -0.2) is 26.1 Å². The Labute approximate surface area is 149 Å². The zero-order valence-corrected chi connectivity index (χ0v) is 14.5. The molecule has 0 radical (unpaired) electrons. The normalized spacial score (nSPS) is 20.0. The van der Waals surface area contributed by atoms with Gasteiger partial charge in [-0.3, -0.25) is 0 Å². The van der Waals surface area contributed by atoms with Crippen LogP contribution in [0, 0.1) is 0 Å². The zero-order chi connectivity index (χ0) is 17.3. The zero-order valence-electron chi connectivity index (χ0n) is 14.5. The van der Waals surface area contributed by atoms with Crippen LogP contribution in [0.15, 0.2) is 72.5 Å². The van der Waals surface area contributed by atoms with Crippen molar-refractivity contribution in [3.63, 3.8) is 0 Å². The molecule has 0 fully saturated rings. The Morgan fingerprint density at radius 3 is 2.16 bits per heavy atom. The second-order valence-electron chi connectivity index (χ2n) is 5.97. The third-order valence-corrected chi connectivity index (χ3v) is 4.01. The maximum atomic E-state index is 6.00. The first-order valence-corrected chi connectivity index (χ1v) is 8.51. The van der Waals surface area contributed by atoms with E-state index in [4.69, 9.17) is 18.9 Å². The minimum Gasteiger partial charge on any atom is -0.467 e. The highest BCUT2D eigenvalue weighted by Gasteiger charge is 2.24. The van der Waals surface area contributed by atoms with E-state index in [2.05, 4.69) is 12.1 Å². The number of ether oxygens (including phenoxy) is 4. The summed E-state index contributed by atoms with van der Waals surface area (Å²) in [6.07, 6.45) is 2.31. The molecular formula is C21H24O4. The summed E-state index contributed by atoms with van der Waals surface area (Å²) in [7, 11) is 1.65. The van der Waals surface area contributed by atoms with Gasteiger partial charge in [0.2, 0.25) is 6.29 Å². The fourth-order valence-electron chi connectivity index (χ4n) is 2.69. The molecule has 0 aliphatic carbocycles. The first kappa shape index (κ1) is 17.7. The van der Waals surface area contributed by atoms with Crippen molar-refractivity contribution in [2.24, 2.45) is 0 Å². The number of methoxy groups -OCH3 is 1. The van der Waals surface area contributed by atoms with Gasteiger partial charge in [-0.1, -0.05) is 60.7 Å². The fraction of sp³-hybridized carbons (Fsp3) is 0.333. The highest BCUT2D eigenvalue weighted by molar-refractivity contribution is 5.14. The van der Waals surface area contributed by atoms with E-state index >= 15 is 0 Å². The monoisotopic (exact) mass is 340 g/mol. The van der Waals surface area contributed by atoms with Crippen LogP contribution in [0.4, 0.5) is 0 Å². The third-order valence-electron chi connectivity index (χ3n) is 4.01. The van der Waals surface area contributed by atoms with E-state index in [1.165, 1.54) is 0 Å². The van der Waals surface area contributed by atoms with E-state index < -0.39 is 0 Å². The summed E-state index contributed by atoms with van der Waals surface area (Å²) in [5.41, 5.74) is 2.29. The molecule has 0 saturated heterocycles. The van der Waals surface area contributed by atoms with Crippen molar-refractivity contribution < 1.29 is 18.9 Å². The average molecular weight is 340 g/mol. The Balaban J connectivity index is 1.52. The molecule has 4 nitrogen and oxygen atoms in total. The van der Waals surface area contributed by atoms with Crippen LogP contribution >= 0.6 is 0 Å². The van der Waals surface area contributed by atoms with Gasteiger partial charge in [0.05, 0.1) is 19.3 Å². The molecule has 25 heavy (non-hydrogen) atoms. The molecule has 1 aliphatic rings. The Kier molecular flexibility index (Phi) is 6.63. The Morgan fingerprint density at radius 2 is 1.52 bits per heavy atom. The van der Waals surface area contributed by atoms with Gasteiger partial charge in [-0.2, -0.15) is 0 Å². The molecule has 0 amide bonds. The van der Waals surface area contributed by atoms with Crippen molar-refractivity contribution in [2.45, 2.75) is 32.0 Å². The Bertz CT molecular complexity index is 654. The molecule has 0 aromatic heterocycles. The van der Waals surface area contributed by atoms with E-state index in [9.17, 15) is 0 Å². The lowest BCUT2D eigenvalue weighted by Gasteiger charge is -2.28. The molecule has 132 valence electrons. The molecule has 0 unspecified atom stereocenters. The molecule has 0 saturated carbocycles. The number of hydrogen-bond donors (Lipinski definition) is 0. The summed E-state index contributed by atoms with van der Waals surface area (Å²) >= 11 is 0. The van der Waals surface area contributed by atoms with E-state index in [0.29, 0.717) is 26.2 Å². The van der Waals surface area contributed by atoms with Crippen LogP contribution in [0.3, 0.4) is 0 Å². The molecule has 4 heteroatoms. The molecular weight excluding hydrogens is 316 g/mol. The van der Waals surface area contributed by atoms with E-state index in [-0.39, 0.29) is 12.4 Å². The van der Waals surface area contributed by atoms with Gasteiger partial charge in [0.25, 0.3) is 0 Å². The second-order valence-corrected chi connectivity index (χ2v) is 5.97. The quantitative estimate of drug-likeness (QED) is 0.726. The van der Waals surface area contributed by atoms with Crippen molar-refractivity contribution >= 4 is 0 Å². The summed E-state index contributed by atoms with van der Waals surface area (Å²) in [5, 5.41) is 0. The van der Waals surface area contributed by atoms with Crippen LogP contribution < -0.4 is 0 Å². The predicted octanol–water partition coefficient (Wildman–Crippen LogP) is 4.07. The lowest BCUT2D eigenvalue weighted by molar-refractivity contribution is -0.139. The van der Waals surface area contributed by atoms with Crippen molar-refractivity contribution in [1.29, 1.82) is 0 Å². The maximum absolute atomic E-state index is 6.00. The van der Waals surface area contributed by atoms with Crippen LogP contribution in [0.25, 0.3) is 0 Å². The van der Waals surface area contributed by atoms with E-state index in [1.807, 2.05) is 54.6 Å². The molecule has 3 rings (SSSR count). The highest BCUT2D eigenvalue weighted by atomic mass is 16.7. The van der Waals surface area contributed by atoms with Gasteiger partial charge < -0.3 is 18.9 Å². The van der Waals surface area contributed by atoms with Crippen molar-refractivity contribution in [3.8, 4) is 0 Å². The lowest BCUT2D eigenvalue weighted by Crippen LogP contribution is -2.29. The summed E-state index contributed by atoms with van der Waals surface area (Å²) in [6.45, 7) is 1.52. The molecule has 1 heterocycles. The van der Waals surface area contributed by atoms with Crippen LogP contribution in [0.1, 0.15) is 17.5 Å². The third kappa shape index (κ3) is 5.71. The molecule has 0 bridgehead atoms. The van der Waals surface area contributed by atoms with Gasteiger partial charge in [0.15, 0.2) is 0 Å². The smallest absolute Gasteiger partial charge is 0.201 e.